The van der Waals surface area contributed by atoms with Crippen LogP contribution >= 0.6 is 0 Å². The van der Waals surface area contributed by atoms with Gasteiger partial charge in [-0.2, -0.15) is 0 Å². The van der Waals surface area contributed by atoms with Gasteiger partial charge in [-0.05, 0) is 31.6 Å². The SMILES string of the molecule is COCCC(C)NCC1(C)CCCCCC1. The Balaban J connectivity index is 2.23. The zero-order valence-corrected chi connectivity index (χ0v) is 11.3. The molecule has 0 aromatic rings. The summed E-state index contributed by atoms with van der Waals surface area (Å²) in [5.74, 6) is 0. The summed E-state index contributed by atoms with van der Waals surface area (Å²) in [7, 11) is 1.78. The Morgan fingerprint density at radius 2 is 1.81 bits per heavy atom. The number of rotatable bonds is 6. The molecule has 1 aliphatic rings. The summed E-state index contributed by atoms with van der Waals surface area (Å²) in [5.41, 5.74) is 0.540. The standard InChI is InChI=1S/C14H29NO/c1-13(8-11-16-3)15-12-14(2)9-6-4-5-7-10-14/h13,15H,4-12H2,1-3H3. The summed E-state index contributed by atoms with van der Waals surface area (Å²) in [5, 5.41) is 3.68. The van der Waals surface area contributed by atoms with Gasteiger partial charge in [-0.15, -0.1) is 0 Å². The van der Waals surface area contributed by atoms with Crippen molar-refractivity contribution in [2.24, 2.45) is 5.41 Å². The van der Waals surface area contributed by atoms with E-state index >= 15 is 0 Å². The Bertz CT molecular complexity index is 174. The highest BCUT2D eigenvalue weighted by Crippen LogP contribution is 2.33. The summed E-state index contributed by atoms with van der Waals surface area (Å²) < 4.78 is 5.11. The first-order chi connectivity index (χ1) is 7.66. The van der Waals surface area contributed by atoms with Crippen LogP contribution in [0.5, 0.6) is 0 Å². The third kappa shape index (κ3) is 5.31. The molecule has 0 spiro atoms. The van der Waals surface area contributed by atoms with Gasteiger partial charge >= 0.3 is 0 Å². The van der Waals surface area contributed by atoms with Crippen LogP contribution in [0, 0.1) is 5.41 Å². The maximum Gasteiger partial charge on any atom is 0.0476 e. The monoisotopic (exact) mass is 227 g/mol. The maximum atomic E-state index is 5.11. The third-order valence-electron chi connectivity index (χ3n) is 3.94. The molecule has 96 valence electrons. The van der Waals surface area contributed by atoms with E-state index in [2.05, 4.69) is 19.2 Å². The Hall–Kier alpha value is -0.0800. The van der Waals surface area contributed by atoms with Crippen LogP contribution in [0.2, 0.25) is 0 Å². The zero-order chi connectivity index (χ0) is 11.9. The maximum absolute atomic E-state index is 5.11. The molecule has 1 rings (SSSR count). The van der Waals surface area contributed by atoms with Crippen molar-refractivity contribution >= 4 is 0 Å². The third-order valence-corrected chi connectivity index (χ3v) is 3.94. The number of hydrogen-bond acceptors (Lipinski definition) is 2. The van der Waals surface area contributed by atoms with Crippen molar-refractivity contribution in [1.82, 2.24) is 5.32 Å². The largest absolute Gasteiger partial charge is 0.385 e. The van der Waals surface area contributed by atoms with E-state index < -0.39 is 0 Å². The fourth-order valence-electron chi connectivity index (χ4n) is 2.58. The van der Waals surface area contributed by atoms with Crippen LogP contribution in [0.3, 0.4) is 0 Å². The Morgan fingerprint density at radius 3 is 2.38 bits per heavy atom. The molecule has 0 saturated heterocycles. The summed E-state index contributed by atoms with van der Waals surface area (Å²) in [6, 6.07) is 0.583. The highest BCUT2D eigenvalue weighted by atomic mass is 16.5. The number of ether oxygens (including phenoxy) is 1. The van der Waals surface area contributed by atoms with E-state index in [0.717, 1.165) is 13.0 Å². The van der Waals surface area contributed by atoms with Crippen LogP contribution in [-0.2, 0) is 4.74 Å². The number of methoxy groups -OCH3 is 1. The Kier molecular flexibility index (Phi) is 6.37. The van der Waals surface area contributed by atoms with Gasteiger partial charge in [0, 0.05) is 26.3 Å². The first-order valence-corrected chi connectivity index (χ1v) is 6.89. The summed E-state index contributed by atoms with van der Waals surface area (Å²) >= 11 is 0. The van der Waals surface area contributed by atoms with E-state index in [0.29, 0.717) is 11.5 Å². The average Bonchev–Trinajstić information content (AvgIpc) is 2.49. The molecule has 0 aromatic carbocycles. The Morgan fingerprint density at radius 1 is 1.19 bits per heavy atom. The van der Waals surface area contributed by atoms with E-state index in [1.54, 1.807) is 7.11 Å². The molecule has 0 aromatic heterocycles. The fraction of sp³-hybridized carbons (Fsp3) is 1.00. The molecular formula is C14H29NO. The molecule has 2 nitrogen and oxygen atoms in total. The Labute approximate surface area is 101 Å². The molecule has 1 saturated carbocycles. The quantitative estimate of drug-likeness (QED) is 0.703. The topological polar surface area (TPSA) is 21.3 Å². The number of hydrogen-bond donors (Lipinski definition) is 1. The first-order valence-electron chi connectivity index (χ1n) is 6.89. The van der Waals surface area contributed by atoms with E-state index in [-0.39, 0.29) is 0 Å². The van der Waals surface area contributed by atoms with Crippen molar-refractivity contribution in [2.45, 2.75) is 64.8 Å². The molecule has 0 aliphatic heterocycles. The smallest absolute Gasteiger partial charge is 0.0476 e. The lowest BCUT2D eigenvalue weighted by molar-refractivity contribution is 0.178. The number of nitrogens with one attached hydrogen (secondary N) is 1. The fourth-order valence-corrected chi connectivity index (χ4v) is 2.58. The lowest BCUT2D eigenvalue weighted by Crippen LogP contribution is -2.37. The van der Waals surface area contributed by atoms with Gasteiger partial charge in [-0.1, -0.05) is 32.6 Å². The predicted molar refractivity (Wildman–Crippen MR) is 69.8 cm³/mol. The van der Waals surface area contributed by atoms with Crippen molar-refractivity contribution < 1.29 is 4.74 Å². The first kappa shape index (κ1) is 14.0. The zero-order valence-electron chi connectivity index (χ0n) is 11.3. The molecule has 1 atom stereocenters. The molecule has 1 N–H and O–H groups in total. The van der Waals surface area contributed by atoms with Gasteiger partial charge in [-0.3, -0.25) is 0 Å². The molecule has 0 radical (unpaired) electrons. The second kappa shape index (κ2) is 7.29. The lowest BCUT2D eigenvalue weighted by Gasteiger charge is -2.30. The van der Waals surface area contributed by atoms with E-state index in [1.165, 1.54) is 45.1 Å². The molecule has 1 aliphatic carbocycles. The van der Waals surface area contributed by atoms with Crippen LogP contribution in [0.1, 0.15) is 58.8 Å². The van der Waals surface area contributed by atoms with Crippen LogP contribution in [-0.4, -0.2) is 26.3 Å². The summed E-state index contributed by atoms with van der Waals surface area (Å²) in [6.45, 7) is 6.76. The van der Waals surface area contributed by atoms with Crippen LogP contribution < -0.4 is 5.32 Å². The van der Waals surface area contributed by atoms with Gasteiger partial charge < -0.3 is 10.1 Å². The van der Waals surface area contributed by atoms with Gasteiger partial charge in [0.15, 0.2) is 0 Å². The van der Waals surface area contributed by atoms with E-state index in [9.17, 15) is 0 Å². The van der Waals surface area contributed by atoms with Gasteiger partial charge in [0.05, 0.1) is 0 Å². The van der Waals surface area contributed by atoms with Gasteiger partial charge in [0.25, 0.3) is 0 Å². The molecular weight excluding hydrogens is 198 g/mol. The van der Waals surface area contributed by atoms with E-state index in [4.69, 9.17) is 4.74 Å². The summed E-state index contributed by atoms with van der Waals surface area (Å²) in [4.78, 5) is 0. The normalized spacial score (nSPS) is 22.7. The molecule has 0 amide bonds. The molecule has 16 heavy (non-hydrogen) atoms. The van der Waals surface area contributed by atoms with Gasteiger partial charge in [-0.25, -0.2) is 0 Å². The van der Waals surface area contributed by atoms with Crippen LogP contribution in [0.25, 0.3) is 0 Å². The van der Waals surface area contributed by atoms with Crippen molar-refractivity contribution in [2.75, 3.05) is 20.3 Å². The molecule has 0 heterocycles. The van der Waals surface area contributed by atoms with Crippen molar-refractivity contribution in [3.05, 3.63) is 0 Å². The molecule has 0 bridgehead atoms. The minimum absolute atomic E-state index is 0.540. The van der Waals surface area contributed by atoms with Crippen LogP contribution in [0.4, 0.5) is 0 Å². The van der Waals surface area contributed by atoms with Crippen LogP contribution in [0.15, 0.2) is 0 Å². The van der Waals surface area contributed by atoms with Crippen molar-refractivity contribution in [1.29, 1.82) is 0 Å². The van der Waals surface area contributed by atoms with Gasteiger partial charge in [0.2, 0.25) is 0 Å². The summed E-state index contributed by atoms with van der Waals surface area (Å²) in [6.07, 6.45) is 9.64. The highest BCUT2D eigenvalue weighted by molar-refractivity contribution is 4.80. The van der Waals surface area contributed by atoms with Gasteiger partial charge in [0.1, 0.15) is 0 Å². The average molecular weight is 227 g/mol. The molecule has 1 fully saturated rings. The second-order valence-electron chi connectivity index (χ2n) is 5.79. The van der Waals surface area contributed by atoms with Crippen molar-refractivity contribution in [3.8, 4) is 0 Å². The minimum Gasteiger partial charge on any atom is -0.385 e. The molecule has 1 unspecified atom stereocenters. The predicted octanol–water partition coefficient (Wildman–Crippen LogP) is 3.36. The van der Waals surface area contributed by atoms with Crippen molar-refractivity contribution in [3.63, 3.8) is 0 Å². The second-order valence-corrected chi connectivity index (χ2v) is 5.79. The van der Waals surface area contributed by atoms with E-state index in [1.807, 2.05) is 0 Å². The highest BCUT2D eigenvalue weighted by Gasteiger charge is 2.25. The lowest BCUT2D eigenvalue weighted by atomic mass is 9.82. The molecule has 2 heteroatoms. The minimum atomic E-state index is 0.540.